The second-order valence-electron chi connectivity index (χ2n) is 4.28. The molecular weight excluding hydrogens is 354 g/mol. The van der Waals surface area contributed by atoms with Crippen molar-refractivity contribution in [3.05, 3.63) is 58.1 Å². The Hall–Kier alpha value is -1.88. The van der Waals surface area contributed by atoms with E-state index in [1.54, 1.807) is 0 Å². The van der Waals surface area contributed by atoms with E-state index in [1.807, 2.05) is 30.3 Å². The molecule has 0 atom stereocenters. The SMILES string of the molecule is N#Cc1ccc(S(=O)(=O)NCc2ccccc2Br)c(N)c1. The minimum Gasteiger partial charge on any atom is -0.398 e. The smallest absolute Gasteiger partial charge is 0.242 e. The molecule has 7 heteroatoms. The van der Waals surface area contributed by atoms with Crippen molar-refractivity contribution in [1.82, 2.24) is 4.72 Å². The van der Waals surface area contributed by atoms with Crippen molar-refractivity contribution in [2.75, 3.05) is 5.73 Å². The molecule has 0 aliphatic rings. The quantitative estimate of drug-likeness (QED) is 0.812. The van der Waals surface area contributed by atoms with Crippen LogP contribution in [-0.4, -0.2) is 8.42 Å². The first kappa shape index (κ1) is 15.5. The van der Waals surface area contributed by atoms with E-state index in [0.29, 0.717) is 5.56 Å². The summed E-state index contributed by atoms with van der Waals surface area (Å²) in [7, 11) is -3.74. The second-order valence-corrected chi connectivity index (χ2v) is 6.87. The molecule has 2 aromatic rings. The molecule has 0 aliphatic carbocycles. The molecule has 0 aliphatic heterocycles. The molecule has 0 saturated carbocycles. The highest BCUT2D eigenvalue weighted by Crippen LogP contribution is 2.21. The maximum absolute atomic E-state index is 12.2. The van der Waals surface area contributed by atoms with E-state index in [1.165, 1.54) is 18.2 Å². The molecule has 3 N–H and O–H groups in total. The fourth-order valence-corrected chi connectivity index (χ4v) is 3.30. The van der Waals surface area contributed by atoms with Crippen LogP contribution in [0.15, 0.2) is 51.8 Å². The van der Waals surface area contributed by atoms with Crippen LogP contribution in [0.2, 0.25) is 0 Å². The zero-order valence-electron chi connectivity index (χ0n) is 10.9. The van der Waals surface area contributed by atoms with Crippen LogP contribution in [-0.2, 0) is 16.6 Å². The summed E-state index contributed by atoms with van der Waals surface area (Å²) < 4.78 is 27.8. The Morgan fingerprint density at radius 3 is 2.57 bits per heavy atom. The van der Waals surface area contributed by atoms with Gasteiger partial charge in [0.05, 0.1) is 17.3 Å². The molecule has 108 valence electrons. The molecule has 0 heterocycles. The van der Waals surface area contributed by atoms with E-state index in [0.717, 1.165) is 10.0 Å². The lowest BCUT2D eigenvalue weighted by molar-refractivity contribution is 0.581. The maximum Gasteiger partial charge on any atom is 0.242 e. The molecule has 0 aromatic heterocycles. The number of nitrogens with two attached hydrogens (primary N) is 1. The highest BCUT2D eigenvalue weighted by Gasteiger charge is 2.17. The molecule has 0 bridgehead atoms. The van der Waals surface area contributed by atoms with Gasteiger partial charge in [-0.3, -0.25) is 0 Å². The molecule has 0 fully saturated rings. The lowest BCUT2D eigenvalue weighted by atomic mass is 10.2. The Morgan fingerprint density at radius 1 is 1.24 bits per heavy atom. The van der Waals surface area contributed by atoms with E-state index in [2.05, 4.69) is 20.7 Å². The lowest BCUT2D eigenvalue weighted by Gasteiger charge is -2.10. The number of hydrogen-bond acceptors (Lipinski definition) is 4. The molecule has 0 unspecified atom stereocenters. The predicted octanol–water partition coefficient (Wildman–Crippen LogP) is 2.38. The van der Waals surface area contributed by atoms with Gasteiger partial charge in [0, 0.05) is 11.0 Å². The minimum atomic E-state index is -3.74. The van der Waals surface area contributed by atoms with Gasteiger partial charge in [0.1, 0.15) is 4.90 Å². The number of nitrogen functional groups attached to an aromatic ring is 1. The molecule has 0 amide bonds. The summed E-state index contributed by atoms with van der Waals surface area (Å²) in [5, 5.41) is 8.76. The van der Waals surface area contributed by atoms with Crippen molar-refractivity contribution in [1.29, 1.82) is 5.26 Å². The molecule has 0 radical (unpaired) electrons. The van der Waals surface area contributed by atoms with Gasteiger partial charge in [-0.15, -0.1) is 0 Å². The number of benzene rings is 2. The van der Waals surface area contributed by atoms with Crippen molar-refractivity contribution < 1.29 is 8.42 Å². The van der Waals surface area contributed by atoms with Crippen LogP contribution in [0.25, 0.3) is 0 Å². The van der Waals surface area contributed by atoms with E-state index >= 15 is 0 Å². The number of nitriles is 1. The predicted molar refractivity (Wildman–Crippen MR) is 83.7 cm³/mol. The van der Waals surface area contributed by atoms with Crippen LogP contribution in [0.4, 0.5) is 5.69 Å². The van der Waals surface area contributed by atoms with Gasteiger partial charge in [0.25, 0.3) is 0 Å². The van der Waals surface area contributed by atoms with Gasteiger partial charge in [-0.2, -0.15) is 5.26 Å². The Morgan fingerprint density at radius 2 is 1.95 bits per heavy atom. The summed E-state index contributed by atoms with van der Waals surface area (Å²) in [6.07, 6.45) is 0. The third-order valence-corrected chi connectivity index (χ3v) is 5.09. The third kappa shape index (κ3) is 3.61. The van der Waals surface area contributed by atoms with Crippen LogP contribution in [0.5, 0.6) is 0 Å². The third-order valence-electron chi connectivity index (χ3n) is 2.84. The van der Waals surface area contributed by atoms with Crippen LogP contribution in [0.1, 0.15) is 11.1 Å². The number of nitrogens with zero attached hydrogens (tertiary/aromatic N) is 1. The number of rotatable bonds is 4. The average Bonchev–Trinajstić information content (AvgIpc) is 2.46. The average molecular weight is 366 g/mol. The Labute approximate surface area is 131 Å². The summed E-state index contributed by atoms with van der Waals surface area (Å²) in [6.45, 7) is 0.142. The number of nitrogens with one attached hydrogen (secondary N) is 1. The molecular formula is C14H12BrN3O2S. The van der Waals surface area contributed by atoms with Crippen LogP contribution < -0.4 is 10.5 Å². The normalized spacial score (nSPS) is 11.0. The van der Waals surface area contributed by atoms with Crippen molar-refractivity contribution in [3.63, 3.8) is 0 Å². The minimum absolute atomic E-state index is 0.0337. The standard InChI is InChI=1S/C14H12BrN3O2S/c15-12-4-2-1-3-11(12)9-18-21(19,20)14-6-5-10(8-16)7-13(14)17/h1-7,18H,9,17H2. The zero-order valence-corrected chi connectivity index (χ0v) is 13.3. The summed E-state index contributed by atoms with van der Waals surface area (Å²) >= 11 is 3.36. The van der Waals surface area contributed by atoms with E-state index in [9.17, 15) is 8.42 Å². The Kier molecular flexibility index (Phi) is 4.63. The van der Waals surface area contributed by atoms with Gasteiger partial charge in [-0.1, -0.05) is 34.1 Å². The maximum atomic E-state index is 12.2. The van der Waals surface area contributed by atoms with Gasteiger partial charge in [-0.05, 0) is 29.8 Å². The second kappa shape index (κ2) is 6.26. The van der Waals surface area contributed by atoms with E-state index in [-0.39, 0.29) is 17.1 Å². The topological polar surface area (TPSA) is 96.0 Å². The molecule has 2 rings (SSSR count). The van der Waals surface area contributed by atoms with Crippen molar-refractivity contribution in [3.8, 4) is 6.07 Å². The molecule has 0 saturated heterocycles. The summed E-state index contributed by atoms with van der Waals surface area (Å²) in [5.41, 5.74) is 6.88. The van der Waals surface area contributed by atoms with Gasteiger partial charge in [0.2, 0.25) is 10.0 Å². The number of anilines is 1. The molecule has 21 heavy (non-hydrogen) atoms. The van der Waals surface area contributed by atoms with Gasteiger partial charge < -0.3 is 5.73 Å². The largest absolute Gasteiger partial charge is 0.398 e. The molecule has 0 spiro atoms. The van der Waals surface area contributed by atoms with Crippen LogP contribution >= 0.6 is 15.9 Å². The lowest BCUT2D eigenvalue weighted by Crippen LogP contribution is -2.24. The molecule has 5 nitrogen and oxygen atoms in total. The number of sulfonamides is 1. The van der Waals surface area contributed by atoms with Crippen molar-refractivity contribution in [2.45, 2.75) is 11.4 Å². The highest BCUT2D eigenvalue weighted by molar-refractivity contribution is 9.10. The number of halogens is 1. The monoisotopic (exact) mass is 365 g/mol. The van der Waals surface area contributed by atoms with E-state index < -0.39 is 10.0 Å². The van der Waals surface area contributed by atoms with Crippen molar-refractivity contribution >= 4 is 31.6 Å². The summed E-state index contributed by atoms with van der Waals surface area (Å²) in [4.78, 5) is -0.0337. The van der Waals surface area contributed by atoms with Gasteiger partial charge in [-0.25, -0.2) is 13.1 Å². The first-order valence-electron chi connectivity index (χ1n) is 5.97. The summed E-state index contributed by atoms with van der Waals surface area (Å²) in [6, 6.07) is 13.3. The van der Waals surface area contributed by atoms with Crippen LogP contribution in [0, 0.1) is 11.3 Å². The van der Waals surface area contributed by atoms with Gasteiger partial charge in [0.15, 0.2) is 0 Å². The Balaban J connectivity index is 2.24. The first-order chi connectivity index (χ1) is 9.94. The van der Waals surface area contributed by atoms with Gasteiger partial charge >= 0.3 is 0 Å². The fraction of sp³-hybridized carbons (Fsp3) is 0.0714. The van der Waals surface area contributed by atoms with Crippen molar-refractivity contribution in [2.24, 2.45) is 0 Å². The Bertz CT molecular complexity index is 813. The molecule has 2 aromatic carbocycles. The summed E-state index contributed by atoms with van der Waals surface area (Å²) in [5.74, 6) is 0. The zero-order chi connectivity index (χ0) is 15.5. The number of hydrogen-bond donors (Lipinski definition) is 2. The fourth-order valence-electron chi connectivity index (χ4n) is 1.76. The highest BCUT2D eigenvalue weighted by atomic mass is 79.9. The van der Waals surface area contributed by atoms with Crippen LogP contribution in [0.3, 0.4) is 0 Å². The first-order valence-corrected chi connectivity index (χ1v) is 8.24. The van der Waals surface area contributed by atoms with E-state index in [4.69, 9.17) is 11.0 Å².